The molecule has 0 aromatic heterocycles. The highest BCUT2D eigenvalue weighted by atomic mass is 14.9. The lowest BCUT2D eigenvalue weighted by Crippen LogP contribution is -1.94. The number of rotatable bonds is 3. The number of nitrogens with one attached hydrogen (secondary N) is 2. The highest BCUT2D eigenvalue weighted by molar-refractivity contribution is 5.95. The lowest BCUT2D eigenvalue weighted by molar-refractivity contribution is 1.51. The number of para-hydroxylation sites is 2. The predicted molar refractivity (Wildman–Crippen MR) is 180 cm³/mol. The van der Waals surface area contributed by atoms with Crippen LogP contribution in [0.1, 0.15) is 22.3 Å². The van der Waals surface area contributed by atoms with Gasteiger partial charge in [-0.25, -0.2) is 0 Å². The Morgan fingerprint density at radius 1 is 0.286 bits per heavy atom. The summed E-state index contributed by atoms with van der Waals surface area (Å²) < 4.78 is 0. The Balaban J connectivity index is 1.08. The summed E-state index contributed by atoms with van der Waals surface area (Å²) >= 11 is 0. The number of hydrogen-bond acceptors (Lipinski definition) is 2. The smallest absolute Gasteiger partial charge is 0.0464 e. The fourth-order valence-corrected chi connectivity index (χ4v) is 6.04. The van der Waals surface area contributed by atoms with Crippen LogP contribution in [0.2, 0.25) is 0 Å². The highest BCUT2D eigenvalue weighted by Gasteiger charge is 2.14. The second-order valence-corrected chi connectivity index (χ2v) is 10.8. The molecule has 8 rings (SSSR count). The second kappa shape index (κ2) is 10.1. The summed E-state index contributed by atoms with van der Waals surface area (Å²) in [6.07, 6.45) is 8.85. The molecule has 2 nitrogen and oxygen atoms in total. The van der Waals surface area contributed by atoms with Crippen molar-refractivity contribution in [1.29, 1.82) is 0 Å². The fraction of sp³-hybridized carbons (Fsp3) is 0. The molecule has 0 saturated heterocycles. The SMILES string of the molecule is C1=Cc2c(cccc2-c2ccc(-c3ccc(-c4cccc5c4C=Cc4ccccc4N5)cc3)cc2)Nc2ccccc21. The van der Waals surface area contributed by atoms with Gasteiger partial charge in [0.15, 0.2) is 0 Å². The molecule has 2 aliphatic heterocycles. The molecule has 2 aliphatic rings. The zero-order valence-electron chi connectivity index (χ0n) is 23.0. The van der Waals surface area contributed by atoms with Gasteiger partial charge in [-0.1, -0.05) is 133 Å². The van der Waals surface area contributed by atoms with Crippen molar-refractivity contribution in [2.45, 2.75) is 0 Å². The lowest BCUT2D eigenvalue weighted by atomic mass is 9.94. The molecule has 42 heavy (non-hydrogen) atoms. The normalized spacial score (nSPS) is 12.5. The van der Waals surface area contributed by atoms with Crippen molar-refractivity contribution in [3.05, 3.63) is 156 Å². The van der Waals surface area contributed by atoms with Crippen LogP contribution in [-0.2, 0) is 0 Å². The van der Waals surface area contributed by atoms with E-state index in [1.54, 1.807) is 0 Å². The van der Waals surface area contributed by atoms with Crippen LogP contribution >= 0.6 is 0 Å². The summed E-state index contributed by atoms with van der Waals surface area (Å²) in [5.41, 5.74) is 16.6. The summed E-state index contributed by atoms with van der Waals surface area (Å²) in [6.45, 7) is 0. The monoisotopic (exact) mass is 536 g/mol. The minimum atomic E-state index is 1.13. The maximum atomic E-state index is 3.63. The van der Waals surface area contributed by atoms with Gasteiger partial charge in [0.2, 0.25) is 0 Å². The van der Waals surface area contributed by atoms with Crippen molar-refractivity contribution >= 4 is 47.1 Å². The summed E-state index contributed by atoms with van der Waals surface area (Å²) in [5.74, 6) is 0. The van der Waals surface area contributed by atoms with Crippen LogP contribution in [0.15, 0.2) is 133 Å². The van der Waals surface area contributed by atoms with E-state index in [1.807, 2.05) is 0 Å². The van der Waals surface area contributed by atoms with Crippen molar-refractivity contribution in [2.24, 2.45) is 0 Å². The summed E-state index contributed by atoms with van der Waals surface area (Å²) in [4.78, 5) is 0. The van der Waals surface area contributed by atoms with E-state index in [2.05, 4.69) is 168 Å². The van der Waals surface area contributed by atoms with Crippen molar-refractivity contribution in [3.8, 4) is 33.4 Å². The molecule has 0 bridgehead atoms. The van der Waals surface area contributed by atoms with E-state index in [1.165, 1.54) is 55.6 Å². The first-order valence-corrected chi connectivity index (χ1v) is 14.4. The first-order chi connectivity index (χ1) is 20.8. The molecule has 2 heterocycles. The number of hydrogen-bond donors (Lipinski definition) is 2. The maximum Gasteiger partial charge on any atom is 0.0464 e. The number of anilines is 4. The van der Waals surface area contributed by atoms with Gasteiger partial charge in [-0.05, 0) is 68.8 Å². The van der Waals surface area contributed by atoms with Crippen LogP contribution in [-0.4, -0.2) is 0 Å². The van der Waals surface area contributed by atoms with Crippen molar-refractivity contribution in [3.63, 3.8) is 0 Å². The first-order valence-electron chi connectivity index (χ1n) is 14.4. The Morgan fingerprint density at radius 2 is 0.667 bits per heavy atom. The lowest BCUT2D eigenvalue weighted by Gasteiger charge is -2.14. The van der Waals surface area contributed by atoms with E-state index in [0.717, 1.165) is 22.7 Å². The topological polar surface area (TPSA) is 24.1 Å². The van der Waals surface area contributed by atoms with Gasteiger partial charge < -0.3 is 10.6 Å². The Bertz CT molecular complexity index is 1860. The molecule has 2 heteroatoms. The van der Waals surface area contributed by atoms with Gasteiger partial charge in [0.05, 0.1) is 0 Å². The van der Waals surface area contributed by atoms with E-state index in [4.69, 9.17) is 0 Å². The predicted octanol–water partition coefficient (Wildman–Crippen LogP) is 11.1. The third-order valence-electron chi connectivity index (χ3n) is 8.26. The second-order valence-electron chi connectivity index (χ2n) is 10.8. The van der Waals surface area contributed by atoms with Crippen molar-refractivity contribution < 1.29 is 0 Å². The number of fused-ring (bicyclic) bond motifs is 4. The fourth-order valence-electron chi connectivity index (χ4n) is 6.04. The molecular weight excluding hydrogens is 508 g/mol. The molecule has 0 saturated carbocycles. The third-order valence-corrected chi connectivity index (χ3v) is 8.26. The standard InChI is InChI=1S/C40H28N2/c1-3-11-37-31(7-1)23-25-35-33(9-5-13-39(35)41-37)29-19-15-27(16-20-29)28-17-21-30(22-18-28)34-10-6-14-40-36(34)26-24-32-8-2-4-12-38(32)42-40/h1-26,41-42H. The van der Waals surface area contributed by atoms with Crippen molar-refractivity contribution in [2.75, 3.05) is 10.6 Å². The van der Waals surface area contributed by atoms with Crippen molar-refractivity contribution in [1.82, 2.24) is 0 Å². The Morgan fingerprint density at radius 3 is 1.12 bits per heavy atom. The van der Waals surface area contributed by atoms with Gasteiger partial charge in [0.25, 0.3) is 0 Å². The van der Waals surface area contributed by atoms with Gasteiger partial charge in [-0.15, -0.1) is 0 Å². The molecule has 0 fully saturated rings. The Kier molecular flexibility index (Phi) is 5.82. The number of benzene rings is 6. The molecule has 2 N–H and O–H groups in total. The largest absolute Gasteiger partial charge is 0.355 e. The summed E-state index contributed by atoms with van der Waals surface area (Å²) in [7, 11) is 0. The third kappa shape index (κ3) is 4.31. The van der Waals surface area contributed by atoms with Crippen LogP contribution < -0.4 is 10.6 Å². The zero-order chi connectivity index (χ0) is 27.9. The quantitative estimate of drug-likeness (QED) is 0.235. The Labute approximate surface area is 246 Å². The average molecular weight is 537 g/mol. The van der Waals surface area contributed by atoms with E-state index in [0.29, 0.717) is 0 Å². The van der Waals surface area contributed by atoms with E-state index in [9.17, 15) is 0 Å². The van der Waals surface area contributed by atoms with E-state index in [-0.39, 0.29) is 0 Å². The van der Waals surface area contributed by atoms with Crippen LogP contribution in [0.4, 0.5) is 22.7 Å². The Hall–Kier alpha value is -5.60. The average Bonchev–Trinajstić information content (AvgIpc) is 3.37. The van der Waals surface area contributed by atoms with E-state index < -0.39 is 0 Å². The minimum Gasteiger partial charge on any atom is -0.355 e. The molecule has 0 spiro atoms. The van der Waals surface area contributed by atoms with Crippen LogP contribution in [0, 0.1) is 0 Å². The van der Waals surface area contributed by atoms with Gasteiger partial charge >= 0.3 is 0 Å². The van der Waals surface area contributed by atoms with Gasteiger partial charge in [-0.2, -0.15) is 0 Å². The molecule has 0 atom stereocenters. The molecule has 6 aromatic carbocycles. The highest BCUT2D eigenvalue weighted by Crippen LogP contribution is 2.39. The van der Waals surface area contributed by atoms with Crippen LogP contribution in [0.3, 0.4) is 0 Å². The molecule has 0 aliphatic carbocycles. The van der Waals surface area contributed by atoms with Crippen LogP contribution in [0.25, 0.3) is 57.7 Å². The van der Waals surface area contributed by atoms with E-state index >= 15 is 0 Å². The molecule has 0 unspecified atom stereocenters. The molecular formula is C40H28N2. The summed E-state index contributed by atoms with van der Waals surface area (Å²) in [6, 6.07) is 47.6. The summed E-state index contributed by atoms with van der Waals surface area (Å²) in [5, 5.41) is 7.25. The maximum absolute atomic E-state index is 3.63. The molecule has 198 valence electrons. The first kappa shape index (κ1) is 24.2. The molecule has 0 radical (unpaired) electrons. The minimum absolute atomic E-state index is 1.13. The molecule has 6 aromatic rings. The molecule has 0 amide bonds. The van der Waals surface area contributed by atoms with Gasteiger partial charge in [0, 0.05) is 33.9 Å². The van der Waals surface area contributed by atoms with Gasteiger partial charge in [-0.3, -0.25) is 0 Å². The van der Waals surface area contributed by atoms with Gasteiger partial charge in [0.1, 0.15) is 0 Å². The zero-order valence-corrected chi connectivity index (χ0v) is 23.0. The van der Waals surface area contributed by atoms with Crippen LogP contribution in [0.5, 0.6) is 0 Å².